The molecule has 0 amide bonds. The van der Waals surface area contributed by atoms with Crippen LogP contribution >= 0.6 is 12.2 Å². The Hall–Kier alpha value is -0.310. The molecule has 19 heavy (non-hydrogen) atoms. The zero-order valence-corrected chi connectivity index (χ0v) is 14.7. The van der Waals surface area contributed by atoms with E-state index in [9.17, 15) is 0 Å². The van der Waals surface area contributed by atoms with Gasteiger partial charge in [0.2, 0.25) is 0 Å². The lowest BCUT2D eigenvalue weighted by molar-refractivity contribution is 0.254. The minimum absolute atomic E-state index is 0.587. The summed E-state index contributed by atoms with van der Waals surface area (Å²) in [6.45, 7) is 9.03. The Balaban J connectivity index is 4.65. The maximum atomic E-state index is 5.71. The zero-order valence-electron chi connectivity index (χ0n) is 13.9. The predicted octanol–water partition coefficient (Wildman–Crippen LogP) is 4.68. The average Bonchev–Trinajstić information content (AvgIpc) is 2.42. The van der Waals surface area contributed by atoms with Gasteiger partial charge >= 0.3 is 0 Å². The van der Waals surface area contributed by atoms with Gasteiger partial charge in [0.05, 0.1) is 0 Å². The summed E-state index contributed by atoms with van der Waals surface area (Å²) in [5.41, 5.74) is 0. The highest BCUT2D eigenvalue weighted by molar-refractivity contribution is 7.80. The molecule has 0 rings (SSSR count). The van der Waals surface area contributed by atoms with Crippen LogP contribution in [-0.2, 0) is 0 Å². The minimum Gasteiger partial charge on any atom is -0.349 e. The summed E-state index contributed by atoms with van der Waals surface area (Å²) in [5, 5.41) is 1.02. The molecule has 0 N–H and O–H groups in total. The third kappa shape index (κ3) is 6.11. The second-order valence-electron chi connectivity index (χ2n) is 5.59. The van der Waals surface area contributed by atoms with Gasteiger partial charge in [0.25, 0.3) is 0 Å². The lowest BCUT2D eigenvalue weighted by atomic mass is 10.1. The highest BCUT2D eigenvalue weighted by Crippen LogP contribution is 2.17. The van der Waals surface area contributed by atoms with E-state index in [1.54, 1.807) is 0 Å². The summed E-state index contributed by atoms with van der Waals surface area (Å²) in [6, 6.07) is 1.19. The van der Waals surface area contributed by atoms with Crippen LogP contribution in [0.5, 0.6) is 0 Å². The summed E-state index contributed by atoms with van der Waals surface area (Å²) in [7, 11) is 4.34. The van der Waals surface area contributed by atoms with Crippen LogP contribution in [0.3, 0.4) is 0 Å². The van der Waals surface area contributed by atoms with Gasteiger partial charge in [-0.25, -0.2) is 0 Å². The molecule has 114 valence electrons. The van der Waals surface area contributed by atoms with E-state index in [2.05, 4.69) is 51.6 Å². The van der Waals surface area contributed by atoms with Gasteiger partial charge in [0.15, 0.2) is 5.11 Å². The fourth-order valence-corrected chi connectivity index (χ4v) is 3.06. The van der Waals surface area contributed by atoms with Crippen LogP contribution in [0.2, 0.25) is 0 Å². The molecule has 0 aliphatic carbocycles. The molecule has 0 aliphatic heterocycles. The molecule has 0 aromatic heterocycles. The molecule has 0 fully saturated rings. The molecule has 0 aromatic rings. The van der Waals surface area contributed by atoms with E-state index < -0.39 is 0 Å². The Labute approximate surface area is 126 Å². The smallest absolute Gasteiger partial charge is 0.171 e. The van der Waals surface area contributed by atoms with E-state index in [-0.39, 0.29) is 0 Å². The van der Waals surface area contributed by atoms with Crippen LogP contribution in [0.25, 0.3) is 0 Å². The Bertz CT molecular complexity index is 237. The topological polar surface area (TPSA) is 6.48 Å². The Morgan fingerprint density at radius 3 is 1.53 bits per heavy atom. The molecule has 1 unspecified atom stereocenters. The van der Waals surface area contributed by atoms with E-state index in [1.165, 1.54) is 44.9 Å². The van der Waals surface area contributed by atoms with Crippen molar-refractivity contribution < 1.29 is 0 Å². The monoisotopic (exact) mass is 286 g/mol. The largest absolute Gasteiger partial charge is 0.349 e. The molecule has 1 atom stereocenters. The first-order valence-corrected chi connectivity index (χ1v) is 8.43. The van der Waals surface area contributed by atoms with E-state index >= 15 is 0 Å². The van der Waals surface area contributed by atoms with Gasteiger partial charge in [-0.05, 0) is 37.9 Å². The van der Waals surface area contributed by atoms with E-state index in [1.807, 2.05) is 0 Å². The van der Waals surface area contributed by atoms with E-state index in [0.717, 1.165) is 5.11 Å². The van der Waals surface area contributed by atoms with Crippen molar-refractivity contribution in [2.45, 2.75) is 84.7 Å². The molecule has 0 radical (unpaired) electrons. The number of nitrogens with zero attached hydrogens (tertiary/aromatic N) is 2. The highest BCUT2D eigenvalue weighted by atomic mass is 32.1. The van der Waals surface area contributed by atoms with Gasteiger partial charge in [-0.1, -0.05) is 47.0 Å². The SMILES string of the molecule is CCCC(CC)N(C)C(=S)N(C)C(CCC)CCC. The zero-order chi connectivity index (χ0) is 14.8. The molecular formula is C16H34N2S. The van der Waals surface area contributed by atoms with Crippen LogP contribution in [0, 0.1) is 0 Å². The minimum atomic E-state index is 0.587. The van der Waals surface area contributed by atoms with Gasteiger partial charge in [-0.15, -0.1) is 0 Å². The summed E-state index contributed by atoms with van der Waals surface area (Å²) in [6.07, 6.45) is 8.56. The van der Waals surface area contributed by atoms with Gasteiger partial charge in [0, 0.05) is 26.2 Å². The number of rotatable bonds is 9. The molecule has 0 aromatic carbocycles. The molecule has 0 saturated heterocycles. The lowest BCUT2D eigenvalue weighted by Gasteiger charge is -2.38. The van der Waals surface area contributed by atoms with Crippen LogP contribution in [0.1, 0.15) is 72.6 Å². The fraction of sp³-hybridized carbons (Fsp3) is 0.938. The molecule has 0 saturated carbocycles. The maximum absolute atomic E-state index is 5.71. The average molecular weight is 287 g/mol. The second-order valence-corrected chi connectivity index (χ2v) is 5.95. The number of thiocarbonyl (C=S) groups is 1. The fourth-order valence-electron chi connectivity index (χ4n) is 2.76. The van der Waals surface area contributed by atoms with Crippen molar-refractivity contribution in [3.8, 4) is 0 Å². The molecule has 0 bridgehead atoms. The van der Waals surface area contributed by atoms with Gasteiger partial charge in [-0.3, -0.25) is 0 Å². The molecule has 3 heteroatoms. The van der Waals surface area contributed by atoms with Crippen molar-refractivity contribution in [3.05, 3.63) is 0 Å². The van der Waals surface area contributed by atoms with Crippen molar-refractivity contribution in [1.82, 2.24) is 9.80 Å². The quantitative estimate of drug-likeness (QED) is 0.568. The first-order valence-electron chi connectivity index (χ1n) is 8.02. The first-order chi connectivity index (χ1) is 9.03. The standard InChI is InChI=1S/C16H34N2S/c1-7-11-14(10-4)17(5)16(19)18(6)15(12-8-2)13-9-3/h14-15H,7-13H2,1-6H3. The van der Waals surface area contributed by atoms with E-state index in [4.69, 9.17) is 12.2 Å². The van der Waals surface area contributed by atoms with Crippen molar-refractivity contribution in [2.24, 2.45) is 0 Å². The second kappa shape index (κ2) is 10.5. The van der Waals surface area contributed by atoms with Gasteiger partial charge in [0.1, 0.15) is 0 Å². The third-order valence-corrected chi connectivity index (χ3v) is 4.61. The number of hydrogen-bond acceptors (Lipinski definition) is 1. The molecule has 2 nitrogen and oxygen atoms in total. The molecule has 0 spiro atoms. The Kier molecular flexibility index (Phi) is 10.3. The Morgan fingerprint density at radius 1 is 0.789 bits per heavy atom. The highest BCUT2D eigenvalue weighted by Gasteiger charge is 2.22. The molecule has 0 heterocycles. The lowest BCUT2D eigenvalue weighted by Crippen LogP contribution is -2.48. The van der Waals surface area contributed by atoms with Crippen molar-refractivity contribution in [3.63, 3.8) is 0 Å². The van der Waals surface area contributed by atoms with Crippen molar-refractivity contribution >= 4 is 17.3 Å². The summed E-state index contributed by atoms with van der Waals surface area (Å²) in [5.74, 6) is 0. The van der Waals surface area contributed by atoms with Crippen LogP contribution < -0.4 is 0 Å². The molecule has 0 aliphatic rings. The summed E-state index contributed by atoms with van der Waals surface area (Å²) < 4.78 is 0. The predicted molar refractivity (Wildman–Crippen MR) is 90.7 cm³/mol. The van der Waals surface area contributed by atoms with Gasteiger partial charge < -0.3 is 9.80 Å². The third-order valence-electron chi connectivity index (χ3n) is 4.04. The maximum Gasteiger partial charge on any atom is 0.171 e. The van der Waals surface area contributed by atoms with Crippen LogP contribution in [-0.4, -0.2) is 41.1 Å². The normalized spacial score (nSPS) is 12.6. The van der Waals surface area contributed by atoms with E-state index in [0.29, 0.717) is 12.1 Å². The van der Waals surface area contributed by atoms with Crippen molar-refractivity contribution in [2.75, 3.05) is 14.1 Å². The van der Waals surface area contributed by atoms with Crippen LogP contribution in [0.4, 0.5) is 0 Å². The summed E-state index contributed by atoms with van der Waals surface area (Å²) in [4.78, 5) is 4.65. The Morgan fingerprint density at radius 2 is 1.16 bits per heavy atom. The summed E-state index contributed by atoms with van der Waals surface area (Å²) >= 11 is 5.71. The number of hydrogen-bond donors (Lipinski definition) is 0. The molecular weight excluding hydrogens is 252 g/mol. The van der Waals surface area contributed by atoms with Gasteiger partial charge in [-0.2, -0.15) is 0 Å². The first kappa shape index (κ1) is 18.7. The van der Waals surface area contributed by atoms with Crippen LogP contribution in [0.15, 0.2) is 0 Å². The van der Waals surface area contributed by atoms with Crippen molar-refractivity contribution in [1.29, 1.82) is 0 Å².